The van der Waals surface area contributed by atoms with Gasteiger partial charge in [0.25, 0.3) is 5.91 Å². The molecule has 1 N–H and O–H groups in total. The van der Waals surface area contributed by atoms with E-state index in [4.69, 9.17) is 0 Å². The van der Waals surface area contributed by atoms with Gasteiger partial charge in [-0.25, -0.2) is 14.4 Å². The topological polar surface area (TPSA) is 59.3 Å². The highest BCUT2D eigenvalue weighted by atomic mass is 32.1. The van der Waals surface area contributed by atoms with E-state index in [-0.39, 0.29) is 11.7 Å². The first-order valence-corrected chi connectivity index (χ1v) is 8.81. The Bertz CT molecular complexity index is 1110. The van der Waals surface area contributed by atoms with Gasteiger partial charge in [-0.05, 0) is 55.8 Å². The molecule has 0 aliphatic carbocycles. The second-order valence-electron chi connectivity index (χ2n) is 5.98. The predicted octanol–water partition coefficient (Wildman–Crippen LogP) is 4.47. The lowest BCUT2D eigenvalue weighted by Gasteiger charge is -1.98. The van der Waals surface area contributed by atoms with Gasteiger partial charge in [-0.3, -0.25) is 10.1 Å². The highest BCUT2D eigenvalue weighted by Crippen LogP contribution is 2.30. The van der Waals surface area contributed by atoms with E-state index in [9.17, 15) is 9.18 Å². The maximum atomic E-state index is 13.1. The van der Waals surface area contributed by atoms with Crippen molar-refractivity contribution >= 4 is 28.0 Å². The Morgan fingerprint density at radius 3 is 2.69 bits per heavy atom. The molecule has 4 rings (SSSR count). The summed E-state index contributed by atoms with van der Waals surface area (Å²) in [5.74, 6) is -0.608. The third kappa shape index (κ3) is 3.09. The SMILES string of the molecule is Cc1ccn2cc(C(=O)Nc3nc(-c4ccc(F)cc4)c(C)s3)nc2c1. The molecule has 0 aliphatic heterocycles. The molecule has 0 radical (unpaired) electrons. The number of imidazole rings is 1. The Morgan fingerprint density at radius 2 is 1.92 bits per heavy atom. The third-order valence-electron chi connectivity index (χ3n) is 3.98. The first-order valence-electron chi connectivity index (χ1n) is 8.00. The van der Waals surface area contributed by atoms with Gasteiger partial charge in [0.2, 0.25) is 0 Å². The van der Waals surface area contributed by atoms with Crippen molar-refractivity contribution in [1.82, 2.24) is 14.4 Å². The van der Waals surface area contributed by atoms with Crippen molar-refractivity contribution in [3.05, 3.63) is 70.7 Å². The number of nitrogens with one attached hydrogen (secondary N) is 1. The van der Waals surface area contributed by atoms with Gasteiger partial charge in [-0.2, -0.15) is 0 Å². The fraction of sp³-hybridized carbons (Fsp3) is 0.105. The number of carbonyl (C=O) groups excluding carboxylic acids is 1. The Morgan fingerprint density at radius 1 is 1.15 bits per heavy atom. The molecule has 26 heavy (non-hydrogen) atoms. The molecule has 3 heterocycles. The van der Waals surface area contributed by atoms with Gasteiger partial charge in [0, 0.05) is 22.8 Å². The van der Waals surface area contributed by atoms with Gasteiger partial charge in [0.15, 0.2) is 5.13 Å². The van der Waals surface area contributed by atoms with E-state index in [0.29, 0.717) is 10.8 Å². The monoisotopic (exact) mass is 366 g/mol. The van der Waals surface area contributed by atoms with E-state index in [1.165, 1.54) is 23.5 Å². The smallest absolute Gasteiger partial charge is 0.277 e. The predicted molar refractivity (Wildman–Crippen MR) is 100 cm³/mol. The van der Waals surface area contributed by atoms with Gasteiger partial charge in [-0.1, -0.05) is 0 Å². The summed E-state index contributed by atoms with van der Waals surface area (Å²) < 4.78 is 14.9. The molecular weight excluding hydrogens is 351 g/mol. The molecule has 4 aromatic rings. The van der Waals surface area contributed by atoms with E-state index in [2.05, 4.69) is 15.3 Å². The van der Waals surface area contributed by atoms with Crippen LogP contribution in [0.2, 0.25) is 0 Å². The number of pyridine rings is 1. The number of carbonyl (C=O) groups is 1. The van der Waals surface area contributed by atoms with E-state index in [1.54, 1.807) is 22.7 Å². The highest BCUT2D eigenvalue weighted by Gasteiger charge is 2.15. The quantitative estimate of drug-likeness (QED) is 0.582. The number of aryl methyl sites for hydroxylation is 2. The number of hydrogen-bond acceptors (Lipinski definition) is 4. The lowest BCUT2D eigenvalue weighted by Crippen LogP contribution is -2.12. The molecule has 0 bridgehead atoms. The van der Waals surface area contributed by atoms with Crippen molar-refractivity contribution < 1.29 is 9.18 Å². The van der Waals surface area contributed by atoms with E-state index in [1.807, 2.05) is 32.2 Å². The number of anilines is 1. The molecule has 0 fully saturated rings. The Balaban J connectivity index is 1.59. The summed E-state index contributed by atoms with van der Waals surface area (Å²) in [7, 11) is 0. The van der Waals surface area contributed by atoms with E-state index in [0.717, 1.165) is 27.3 Å². The molecule has 3 aromatic heterocycles. The van der Waals surface area contributed by atoms with Crippen LogP contribution < -0.4 is 5.32 Å². The van der Waals surface area contributed by atoms with E-state index >= 15 is 0 Å². The van der Waals surface area contributed by atoms with Crippen LogP contribution in [0.3, 0.4) is 0 Å². The molecule has 130 valence electrons. The Hall–Kier alpha value is -3.06. The molecule has 1 amide bonds. The van der Waals surface area contributed by atoms with Gasteiger partial charge < -0.3 is 4.40 Å². The summed E-state index contributed by atoms with van der Waals surface area (Å²) in [6.45, 7) is 3.89. The number of aromatic nitrogens is 3. The normalized spacial score (nSPS) is 11.0. The van der Waals surface area contributed by atoms with Crippen LogP contribution in [0.5, 0.6) is 0 Å². The van der Waals surface area contributed by atoms with Crippen LogP contribution >= 0.6 is 11.3 Å². The van der Waals surface area contributed by atoms with Gasteiger partial charge >= 0.3 is 0 Å². The summed E-state index contributed by atoms with van der Waals surface area (Å²) >= 11 is 1.37. The summed E-state index contributed by atoms with van der Waals surface area (Å²) in [4.78, 5) is 22.3. The second kappa shape index (κ2) is 6.34. The molecule has 0 saturated heterocycles. The van der Waals surface area contributed by atoms with Crippen LogP contribution in [-0.4, -0.2) is 20.3 Å². The molecule has 0 spiro atoms. The number of halogens is 1. The number of nitrogens with zero attached hydrogens (tertiary/aromatic N) is 3. The molecular formula is C19H15FN4OS. The minimum Gasteiger partial charge on any atom is -0.306 e. The number of hydrogen-bond donors (Lipinski definition) is 1. The zero-order chi connectivity index (χ0) is 18.3. The zero-order valence-corrected chi connectivity index (χ0v) is 15.0. The first-order chi connectivity index (χ1) is 12.5. The van der Waals surface area contributed by atoms with Crippen LogP contribution in [0.4, 0.5) is 9.52 Å². The van der Waals surface area contributed by atoms with Gasteiger partial charge in [-0.15, -0.1) is 11.3 Å². The molecule has 1 aromatic carbocycles. The van der Waals surface area contributed by atoms with Crippen molar-refractivity contribution in [3.8, 4) is 11.3 Å². The largest absolute Gasteiger partial charge is 0.306 e. The lowest BCUT2D eigenvalue weighted by molar-refractivity contribution is 0.102. The van der Waals surface area contributed by atoms with Gasteiger partial charge in [0.05, 0.1) is 5.69 Å². The van der Waals surface area contributed by atoms with Crippen LogP contribution in [0.25, 0.3) is 16.9 Å². The van der Waals surface area contributed by atoms with E-state index < -0.39 is 0 Å². The summed E-state index contributed by atoms with van der Waals surface area (Å²) in [5.41, 5.74) is 3.67. The minimum absolute atomic E-state index is 0.294. The van der Waals surface area contributed by atoms with Crippen molar-refractivity contribution in [2.24, 2.45) is 0 Å². The van der Waals surface area contributed by atoms with Crippen LogP contribution in [0.15, 0.2) is 48.8 Å². The molecule has 0 aliphatic rings. The number of rotatable bonds is 3. The fourth-order valence-corrected chi connectivity index (χ4v) is 3.51. The third-order valence-corrected chi connectivity index (χ3v) is 4.87. The van der Waals surface area contributed by atoms with Crippen molar-refractivity contribution in [2.75, 3.05) is 5.32 Å². The fourth-order valence-electron chi connectivity index (χ4n) is 2.68. The standard InChI is InChI=1S/C19H15FN4OS/c1-11-7-8-24-10-15(21-16(24)9-11)18(25)23-19-22-17(12(2)26-19)13-3-5-14(20)6-4-13/h3-10H,1-2H3,(H,22,23,25). The molecule has 5 nitrogen and oxygen atoms in total. The minimum atomic E-state index is -0.314. The molecule has 7 heteroatoms. The average Bonchev–Trinajstić information content (AvgIpc) is 3.18. The zero-order valence-electron chi connectivity index (χ0n) is 14.2. The van der Waals surface area contributed by atoms with Crippen LogP contribution in [-0.2, 0) is 0 Å². The molecule has 0 saturated carbocycles. The number of thiazole rings is 1. The first kappa shape index (κ1) is 16.4. The maximum Gasteiger partial charge on any atom is 0.277 e. The van der Waals surface area contributed by atoms with Crippen molar-refractivity contribution in [2.45, 2.75) is 13.8 Å². The highest BCUT2D eigenvalue weighted by molar-refractivity contribution is 7.16. The second-order valence-corrected chi connectivity index (χ2v) is 7.18. The molecule has 0 unspecified atom stereocenters. The maximum absolute atomic E-state index is 13.1. The molecule has 0 atom stereocenters. The number of benzene rings is 1. The average molecular weight is 366 g/mol. The van der Waals surface area contributed by atoms with Crippen LogP contribution in [0, 0.1) is 19.7 Å². The summed E-state index contributed by atoms with van der Waals surface area (Å²) in [6.07, 6.45) is 3.56. The van der Waals surface area contributed by atoms with Crippen molar-refractivity contribution in [3.63, 3.8) is 0 Å². The van der Waals surface area contributed by atoms with Gasteiger partial charge in [0.1, 0.15) is 17.2 Å². The Kier molecular flexibility index (Phi) is 4.00. The summed E-state index contributed by atoms with van der Waals surface area (Å²) in [5, 5.41) is 3.28. The number of fused-ring (bicyclic) bond motifs is 1. The summed E-state index contributed by atoms with van der Waals surface area (Å²) in [6, 6.07) is 10.0. The Labute approximate surface area is 153 Å². The lowest BCUT2D eigenvalue weighted by atomic mass is 10.1. The van der Waals surface area contributed by atoms with Crippen LogP contribution in [0.1, 0.15) is 20.9 Å². The number of amides is 1. The van der Waals surface area contributed by atoms with Crippen molar-refractivity contribution in [1.29, 1.82) is 0 Å².